The number of rotatable bonds is 5. The van der Waals surface area contributed by atoms with E-state index in [1.165, 1.54) is 0 Å². The number of nitrogens with one attached hydrogen (secondary N) is 3. The highest BCUT2D eigenvalue weighted by Crippen LogP contribution is 2.30. The van der Waals surface area contributed by atoms with Crippen LogP contribution in [0.2, 0.25) is 0 Å². The molecule has 0 fully saturated rings. The van der Waals surface area contributed by atoms with Crippen molar-refractivity contribution in [1.29, 1.82) is 0 Å². The van der Waals surface area contributed by atoms with Crippen molar-refractivity contribution in [2.75, 3.05) is 5.32 Å². The summed E-state index contributed by atoms with van der Waals surface area (Å²) in [7, 11) is 0. The lowest BCUT2D eigenvalue weighted by Crippen LogP contribution is -2.19. The smallest absolute Gasteiger partial charge is 0.224 e. The number of imidazole rings is 2. The van der Waals surface area contributed by atoms with Crippen LogP contribution in [-0.2, 0) is 4.79 Å². The molecule has 0 atom stereocenters. The number of hydrogen-bond acceptors (Lipinski definition) is 7. The molecule has 0 aliphatic heterocycles. The number of carbonyl (C=O) groups excluding carboxylic acids is 1. The molecule has 0 unspecified atom stereocenters. The standard InChI is InChI=1S/C27H26N10O/c1-15-13-37(14-31-15)26-23-20(5-6-29-26)33-25(34-23)22-19-8-17(11-30-24(19)36-35-22)16-7-18(12-28-10-16)32-21(38)9-27(2,3)4/h5-8,10-14H,9H2,1-4H3,(H,32,38)(H,33,34)(H,30,35,36). The van der Waals surface area contributed by atoms with E-state index in [1.807, 2.05) is 56.7 Å². The second-order valence-corrected chi connectivity index (χ2v) is 10.5. The molecular weight excluding hydrogens is 480 g/mol. The zero-order valence-corrected chi connectivity index (χ0v) is 21.4. The number of aromatic nitrogens is 9. The number of fused-ring (bicyclic) bond motifs is 2. The molecule has 0 saturated heterocycles. The summed E-state index contributed by atoms with van der Waals surface area (Å²) in [6, 6.07) is 5.76. The largest absolute Gasteiger partial charge is 0.336 e. The van der Waals surface area contributed by atoms with Gasteiger partial charge in [-0.3, -0.25) is 19.4 Å². The molecule has 190 valence electrons. The number of H-pyrrole nitrogens is 2. The normalized spacial score (nSPS) is 11.9. The minimum absolute atomic E-state index is 0.0493. The van der Waals surface area contributed by atoms with Gasteiger partial charge in [0.25, 0.3) is 0 Å². The van der Waals surface area contributed by atoms with E-state index in [0.29, 0.717) is 35.1 Å². The third-order valence-corrected chi connectivity index (χ3v) is 6.03. The van der Waals surface area contributed by atoms with Crippen LogP contribution in [-0.4, -0.2) is 50.6 Å². The molecule has 11 nitrogen and oxygen atoms in total. The van der Waals surface area contributed by atoms with Crippen LogP contribution >= 0.6 is 0 Å². The van der Waals surface area contributed by atoms with Crippen molar-refractivity contribution in [3.8, 4) is 28.5 Å². The molecule has 0 bridgehead atoms. The summed E-state index contributed by atoms with van der Waals surface area (Å²) < 4.78 is 1.85. The predicted octanol–water partition coefficient (Wildman–Crippen LogP) is 4.83. The van der Waals surface area contributed by atoms with Crippen molar-refractivity contribution in [3.63, 3.8) is 0 Å². The van der Waals surface area contributed by atoms with Crippen molar-refractivity contribution in [2.24, 2.45) is 5.41 Å². The molecule has 0 saturated carbocycles. The molecule has 6 aromatic heterocycles. The van der Waals surface area contributed by atoms with E-state index in [-0.39, 0.29) is 11.3 Å². The van der Waals surface area contributed by atoms with Gasteiger partial charge >= 0.3 is 0 Å². The van der Waals surface area contributed by atoms with E-state index in [0.717, 1.165) is 33.2 Å². The van der Waals surface area contributed by atoms with Crippen molar-refractivity contribution >= 4 is 33.7 Å². The average molecular weight is 507 g/mol. The second kappa shape index (κ2) is 8.87. The highest BCUT2D eigenvalue weighted by atomic mass is 16.1. The first-order valence-electron chi connectivity index (χ1n) is 12.2. The quantitative estimate of drug-likeness (QED) is 0.304. The lowest BCUT2D eigenvalue weighted by Gasteiger charge is -2.17. The third kappa shape index (κ3) is 4.49. The van der Waals surface area contributed by atoms with Crippen LogP contribution in [0.3, 0.4) is 0 Å². The van der Waals surface area contributed by atoms with Crippen LogP contribution in [0.5, 0.6) is 0 Å². The number of pyridine rings is 3. The maximum absolute atomic E-state index is 12.4. The molecule has 6 rings (SSSR count). The summed E-state index contributed by atoms with van der Waals surface area (Å²) >= 11 is 0. The van der Waals surface area contributed by atoms with E-state index in [1.54, 1.807) is 31.1 Å². The van der Waals surface area contributed by atoms with Crippen LogP contribution in [0, 0.1) is 12.3 Å². The third-order valence-electron chi connectivity index (χ3n) is 6.03. The second-order valence-electron chi connectivity index (χ2n) is 10.5. The molecule has 6 aromatic rings. The Balaban J connectivity index is 1.36. The van der Waals surface area contributed by atoms with Crippen molar-refractivity contribution in [3.05, 3.63) is 61.2 Å². The zero-order valence-electron chi connectivity index (χ0n) is 21.4. The van der Waals surface area contributed by atoms with Crippen molar-refractivity contribution < 1.29 is 4.79 Å². The summed E-state index contributed by atoms with van der Waals surface area (Å²) in [6.07, 6.45) is 10.9. The lowest BCUT2D eigenvalue weighted by molar-refractivity contribution is -0.117. The Bertz CT molecular complexity index is 1800. The van der Waals surface area contributed by atoms with Crippen LogP contribution < -0.4 is 5.32 Å². The molecule has 3 N–H and O–H groups in total. The monoisotopic (exact) mass is 506 g/mol. The van der Waals surface area contributed by atoms with Gasteiger partial charge < -0.3 is 10.3 Å². The Kier molecular flexibility index (Phi) is 5.48. The van der Waals surface area contributed by atoms with Crippen LogP contribution in [0.4, 0.5) is 5.69 Å². The molecule has 38 heavy (non-hydrogen) atoms. The number of nitrogens with zero attached hydrogens (tertiary/aromatic N) is 7. The highest BCUT2D eigenvalue weighted by Gasteiger charge is 2.18. The fourth-order valence-corrected chi connectivity index (χ4v) is 4.36. The summed E-state index contributed by atoms with van der Waals surface area (Å²) in [5.41, 5.74) is 5.92. The Morgan fingerprint density at radius 2 is 1.92 bits per heavy atom. The molecule has 0 aliphatic rings. The maximum Gasteiger partial charge on any atom is 0.224 e. The summed E-state index contributed by atoms with van der Waals surface area (Å²) in [5.74, 6) is 1.25. The number of amides is 1. The molecule has 0 radical (unpaired) electrons. The van der Waals surface area contributed by atoms with Crippen molar-refractivity contribution in [1.82, 2.24) is 44.7 Å². The SMILES string of the molecule is Cc1cn(-c2nccc3[nH]c(-c4[nH]nc5ncc(-c6cncc(NC(=O)CC(C)(C)C)c6)cc45)nc23)cn1. The number of hydrogen-bond donors (Lipinski definition) is 3. The van der Waals surface area contributed by atoms with Crippen molar-refractivity contribution in [2.45, 2.75) is 34.1 Å². The summed E-state index contributed by atoms with van der Waals surface area (Å²) in [5, 5.41) is 11.2. The van der Waals surface area contributed by atoms with E-state index in [4.69, 9.17) is 4.98 Å². The number of aromatic amines is 2. The van der Waals surface area contributed by atoms with Crippen LogP contribution in [0.25, 0.3) is 50.5 Å². The topological polar surface area (TPSA) is 143 Å². The first-order valence-corrected chi connectivity index (χ1v) is 12.2. The fraction of sp³-hybridized carbons (Fsp3) is 0.222. The van der Waals surface area contributed by atoms with Gasteiger partial charge in [-0.1, -0.05) is 20.8 Å². The van der Waals surface area contributed by atoms with Crippen LogP contribution in [0.1, 0.15) is 32.9 Å². The van der Waals surface area contributed by atoms with Gasteiger partial charge in [0.15, 0.2) is 17.3 Å². The van der Waals surface area contributed by atoms with E-state index in [2.05, 4.69) is 40.4 Å². The Labute approximate surface area is 217 Å². The number of anilines is 1. The number of carbonyl (C=O) groups is 1. The highest BCUT2D eigenvalue weighted by molar-refractivity contribution is 5.95. The van der Waals surface area contributed by atoms with Gasteiger partial charge in [0.1, 0.15) is 17.5 Å². The average Bonchev–Trinajstić information content (AvgIpc) is 3.60. The van der Waals surface area contributed by atoms with Gasteiger partial charge in [-0.2, -0.15) is 5.10 Å². The molecule has 6 heterocycles. The number of aryl methyl sites for hydroxylation is 1. The van der Waals surface area contributed by atoms with E-state index in [9.17, 15) is 4.79 Å². The van der Waals surface area contributed by atoms with Gasteiger partial charge in [0.05, 0.1) is 28.5 Å². The molecular formula is C27H26N10O. The predicted molar refractivity (Wildman–Crippen MR) is 145 cm³/mol. The molecule has 0 aliphatic carbocycles. The first kappa shape index (κ1) is 23.5. The van der Waals surface area contributed by atoms with Gasteiger partial charge in [-0.05, 0) is 30.5 Å². The van der Waals surface area contributed by atoms with Gasteiger partial charge in [0, 0.05) is 42.3 Å². The summed E-state index contributed by atoms with van der Waals surface area (Å²) in [6.45, 7) is 8.02. The minimum Gasteiger partial charge on any atom is -0.336 e. The van der Waals surface area contributed by atoms with Crippen LogP contribution in [0.15, 0.2) is 55.5 Å². The lowest BCUT2D eigenvalue weighted by atomic mass is 9.92. The van der Waals surface area contributed by atoms with Gasteiger partial charge in [-0.25, -0.2) is 19.9 Å². The molecule has 11 heteroatoms. The Hall–Kier alpha value is -4.93. The summed E-state index contributed by atoms with van der Waals surface area (Å²) in [4.78, 5) is 38.3. The van der Waals surface area contributed by atoms with E-state index >= 15 is 0 Å². The molecule has 0 spiro atoms. The van der Waals surface area contributed by atoms with E-state index < -0.39 is 0 Å². The Morgan fingerprint density at radius 3 is 2.71 bits per heavy atom. The molecule has 1 amide bonds. The van der Waals surface area contributed by atoms with Gasteiger partial charge in [-0.15, -0.1) is 0 Å². The minimum atomic E-state index is -0.104. The molecule has 0 aromatic carbocycles. The zero-order chi connectivity index (χ0) is 26.4. The first-order chi connectivity index (χ1) is 18.2. The Morgan fingerprint density at radius 1 is 1.08 bits per heavy atom. The van der Waals surface area contributed by atoms with Gasteiger partial charge in [0.2, 0.25) is 5.91 Å². The fourth-order valence-electron chi connectivity index (χ4n) is 4.36. The maximum atomic E-state index is 12.4.